The summed E-state index contributed by atoms with van der Waals surface area (Å²) in [4.78, 5) is 0. The van der Waals surface area contributed by atoms with Crippen molar-refractivity contribution in [1.82, 2.24) is 0 Å². The SMILES string of the molecule is OCc1ccc(F)cc1C(O)C(O)CO. The molecule has 0 saturated carbocycles. The Morgan fingerprint density at radius 2 is 1.87 bits per heavy atom. The van der Waals surface area contributed by atoms with Gasteiger partial charge in [-0.15, -0.1) is 0 Å². The lowest BCUT2D eigenvalue weighted by Gasteiger charge is -2.18. The van der Waals surface area contributed by atoms with Crippen molar-refractivity contribution in [2.24, 2.45) is 0 Å². The Labute approximate surface area is 86.2 Å². The predicted octanol–water partition coefficient (Wildman–Crippen LogP) is -0.295. The van der Waals surface area contributed by atoms with Gasteiger partial charge in [-0.1, -0.05) is 6.07 Å². The molecule has 0 amide bonds. The number of hydrogen-bond acceptors (Lipinski definition) is 4. The summed E-state index contributed by atoms with van der Waals surface area (Å²) in [5.41, 5.74) is 0.399. The zero-order chi connectivity index (χ0) is 11.4. The second-order valence-electron chi connectivity index (χ2n) is 3.20. The lowest BCUT2D eigenvalue weighted by Crippen LogP contribution is -2.23. The van der Waals surface area contributed by atoms with Crippen LogP contribution in [0.3, 0.4) is 0 Å². The van der Waals surface area contributed by atoms with Crippen LogP contribution >= 0.6 is 0 Å². The van der Waals surface area contributed by atoms with Gasteiger partial charge >= 0.3 is 0 Å². The minimum atomic E-state index is -1.41. The highest BCUT2D eigenvalue weighted by molar-refractivity contribution is 5.30. The fourth-order valence-electron chi connectivity index (χ4n) is 1.29. The molecule has 5 heteroatoms. The summed E-state index contributed by atoms with van der Waals surface area (Å²) in [6.45, 7) is -1.01. The highest BCUT2D eigenvalue weighted by atomic mass is 19.1. The maximum atomic E-state index is 12.9. The van der Waals surface area contributed by atoms with E-state index in [0.29, 0.717) is 5.56 Å². The van der Waals surface area contributed by atoms with Crippen LogP contribution in [0.2, 0.25) is 0 Å². The summed E-state index contributed by atoms with van der Waals surface area (Å²) < 4.78 is 12.9. The van der Waals surface area contributed by atoms with E-state index in [0.717, 1.165) is 12.1 Å². The van der Waals surface area contributed by atoms with Crippen LogP contribution in [0.1, 0.15) is 17.2 Å². The maximum absolute atomic E-state index is 12.9. The minimum absolute atomic E-state index is 0.0825. The summed E-state index contributed by atoms with van der Waals surface area (Å²) in [6, 6.07) is 3.49. The van der Waals surface area contributed by atoms with E-state index in [4.69, 9.17) is 10.2 Å². The van der Waals surface area contributed by atoms with Gasteiger partial charge in [0.25, 0.3) is 0 Å². The average Bonchev–Trinajstić information content (AvgIpc) is 2.27. The van der Waals surface area contributed by atoms with E-state index in [1.165, 1.54) is 6.07 Å². The molecule has 0 heterocycles. The van der Waals surface area contributed by atoms with Gasteiger partial charge in [-0.2, -0.15) is 0 Å². The molecule has 0 radical (unpaired) electrons. The van der Waals surface area contributed by atoms with Crippen molar-refractivity contribution in [1.29, 1.82) is 0 Å². The van der Waals surface area contributed by atoms with Gasteiger partial charge in [0.2, 0.25) is 0 Å². The van der Waals surface area contributed by atoms with Crippen molar-refractivity contribution < 1.29 is 24.8 Å². The van der Waals surface area contributed by atoms with E-state index in [9.17, 15) is 14.6 Å². The first kappa shape index (κ1) is 12.1. The number of aliphatic hydroxyl groups excluding tert-OH is 4. The van der Waals surface area contributed by atoms with Gasteiger partial charge in [-0.25, -0.2) is 4.39 Å². The quantitative estimate of drug-likeness (QED) is 0.557. The third kappa shape index (κ3) is 2.73. The van der Waals surface area contributed by atoms with Crippen LogP contribution in [0.15, 0.2) is 18.2 Å². The molecule has 1 rings (SSSR count). The Morgan fingerprint density at radius 3 is 2.40 bits per heavy atom. The fourth-order valence-corrected chi connectivity index (χ4v) is 1.29. The van der Waals surface area contributed by atoms with Gasteiger partial charge in [0.15, 0.2) is 0 Å². The largest absolute Gasteiger partial charge is 0.394 e. The van der Waals surface area contributed by atoms with Crippen molar-refractivity contribution in [2.45, 2.75) is 18.8 Å². The fraction of sp³-hybridized carbons (Fsp3) is 0.400. The molecule has 1 aromatic rings. The Balaban J connectivity index is 3.05. The normalized spacial score (nSPS) is 15.0. The first-order valence-corrected chi connectivity index (χ1v) is 4.46. The molecule has 0 bridgehead atoms. The van der Waals surface area contributed by atoms with Crippen molar-refractivity contribution in [3.63, 3.8) is 0 Å². The molecular weight excluding hydrogens is 203 g/mol. The number of benzene rings is 1. The molecule has 4 nitrogen and oxygen atoms in total. The first-order chi connectivity index (χ1) is 7.10. The third-order valence-corrected chi connectivity index (χ3v) is 2.15. The Bertz CT molecular complexity index is 329. The number of aliphatic hydroxyl groups is 4. The highest BCUT2D eigenvalue weighted by Gasteiger charge is 2.20. The van der Waals surface area contributed by atoms with Crippen molar-refractivity contribution in [2.75, 3.05) is 6.61 Å². The molecule has 1 aromatic carbocycles. The number of rotatable bonds is 4. The second kappa shape index (κ2) is 5.18. The summed E-state index contributed by atoms with van der Waals surface area (Å²) in [5.74, 6) is -0.577. The van der Waals surface area contributed by atoms with Crippen LogP contribution in [0.5, 0.6) is 0 Å². The molecule has 0 spiro atoms. The van der Waals surface area contributed by atoms with E-state index in [1.54, 1.807) is 0 Å². The molecule has 15 heavy (non-hydrogen) atoms. The van der Waals surface area contributed by atoms with Crippen LogP contribution in [0, 0.1) is 5.82 Å². The van der Waals surface area contributed by atoms with Crippen molar-refractivity contribution in [3.8, 4) is 0 Å². The molecule has 0 fully saturated rings. The smallest absolute Gasteiger partial charge is 0.123 e. The van der Waals surface area contributed by atoms with Gasteiger partial charge in [-0.05, 0) is 23.3 Å². The van der Waals surface area contributed by atoms with Gasteiger partial charge < -0.3 is 20.4 Å². The Kier molecular flexibility index (Phi) is 4.16. The molecule has 2 unspecified atom stereocenters. The standard InChI is InChI=1S/C10H13FO4/c11-7-2-1-6(4-12)8(3-7)10(15)9(14)5-13/h1-3,9-10,12-15H,4-5H2. The average molecular weight is 216 g/mol. The van der Waals surface area contributed by atoms with Crippen LogP contribution in [0.25, 0.3) is 0 Å². The van der Waals surface area contributed by atoms with Gasteiger partial charge in [0.05, 0.1) is 13.2 Å². The summed E-state index contributed by atoms with van der Waals surface area (Å²) in [5, 5.41) is 36.3. The van der Waals surface area contributed by atoms with Crippen molar-refractivity contribution in [3.05, 3.63) is 35.1 Å². The molecule has 0 aliphatic carbocycles. The summed E-state index contributed by atoms with van der Waals surface area (Å²) >= 11 is 0. The molecule has 0 saturated heterocycles. The van der Waals surface area contributed by atoms with Gasteiger partial charge in [0, 0.05) is 0 Å². The molecule has 0 aromatic heterocycles. The van der Waals surface area contributed by atoms with E-state index in [1.807, 2.05) is 0 Å². The Morgan fingerprint density at radius 1 is 1.20 bits per heavy atom. The molecule has 4 N–H and O–H groups in total. The molecule has 0 aliphatic rings. The van der Waals surface area contributed by atoms with E-state index < -0.39 is 24.6 Å². The predicted molar refractivity (Wildman–Crippen MR) is 50.4 cm³/mol. The number of halogens is 1. The molecule has 84 valence electrons. The van der Waals surface area contributed by atoms with Crippen LogP contribution in [0.4, 0.5) is 4.39 Å². The monoisotopic (exact) mass is 216 g/mol. The second-order valence-corrected chi connectivity index (χ2v) is 3.20. The van der Waals surface area contributed by atoms with Crippen LogP contribution in [-0.2, 0) is 6.61 Å². The summed E-state index contributed by atoms with van der Waals surface area (Å²) in [7, 11) is 0. The lowest BCUT2D eigenvalue weighted by atomic mass is 9.99. The highest BCUT2D eigenvalue weighted by Crippen LogP contribution is 2.22. The van der Waals surface area contributed by atoms with E-state index in [-0.39, 0.29) is 12.2 Å². The third-order valence-electron chi connectivity index (χ3n) is 2.15. The molecular formula is C10H13FO4. The van der Waals surface area contributed by atoms with Gasteiger partial charge in [-0.3, -0.25) is 0 Å². The summed E-state index contributed by atoms with van der Waals surface area (Å²) in [6.07, 6.45) is -2.80. The van der Waals surface area contributed by atoms with E-state index in [2.05, 4.69) is 0 Å². The van der Waals surface area contributed by atoms with Gasteiger partial charge in [0.1, 0.15) is 18.0 Å². The molecule has 0 aliphatic heterocycles. The lowest BCUT2D eigenvalue weighted by molar-refractivity contribution is -0.0162. The zero-order valence-corrected chi connectivity index (χ0v) is 7.97. The maximum Gasteiger partial charge on any atom is 0.123 e. The van der Waals surface area contributed by atoms with E-state index >= 15 is 0 Å². The number of hydrogen-bond donors (Lipinski definition) is 4. The zero-order valence-electron chi connectivity index (χ0n) is 7.97. The molecule has 2 atom stereocenters. The first-order valence-electron chi connectivity index (χ1n) is 4.46. The van der Waals surface area contributed by atoms with Crippen molar-refractivity contribution >= 4 is 0 Å². The van der Waals surface area contributed by atoms with Crippen LogP contribution in [-0.4, -0.2) is 33.1 Å². The topological polar surface area (TPSA) is 80.9 Å². The minimum Gasteiger partial charge on any atom is -0.394 e. The van der Waals surface area contributed by atoms with Crippen LogP contribution < -0.4 is 0 Å². The Hall–Kier alpha value is -1.01.